The Hall–Kier alpha value is -0.850. The number of hydrogen-bond acceptors (Lipinski definition) is 4. The Morgan fingerprint density at radius 1 is 0.962 bits per heavy atom. The highest BCUT2D eigenvalue weighted by Gasteiger charge is 2.26. The number of carbonyl (C=O) groups is 2. The number of amides is 2. The molecule has 7 heteroatoms. The Balaban J connectivity index is 0.00000243. The van der Waals surface area contributed by atoms with Gasteiger partial charge in [-0.25, -0.2) is 0 Å². The van der Waals surface area contributed by atoms with Gasteiger partial charge in [0.05, 0.1) is 13.2 Å². The molecule has 1 unspecified atom stereocenters. The topological polar surface area (TPSA) is 61.9 Å². The van der Waals surface area contributed by atoms with Crippen LogP contribution in [-0.4, -0.2) is 73.6 Å². The minimum Gasteiger partial charge on any atom is -0.378 e. The summed E-state index contributed by atoms with van der Waals surface area (Å²) in [6, 6.07) is 0.136. The van der Waals surface area contributed by atoms with Crippen LogP contribution in [0.2, 0.25) is 0 Å². The molecule has 0 aromatic rings. The van der Waals surface area contributed by atoms with Crippen molar-refractivity contribution in [2.45, 2.75) is 57.4 Å². The van der Waals surface area contributed by atoms with Crippen molar-refractivity contribution in [3.63, 3.8) is 0 Å². The quantitative estimate of drug-likeness (QED) is 0.781. The Morgan fingerprint density at radius 3 is 2.23 bits per heavy atom. The van der Waals surface area contributed by atoms with Crippen LogP contribution < -0.4 is 5.32 Å². The van der Waals surface area contributed by atoms with Crippen molar-refractivity contribution >= 4 is 24.2 Å². The normalized spacial score (nSPS) is 24.8. The summed E-state index contributed by atoms with van der Waals surface area (Å²) in [6.45, 7) is 4.87. The molecular formula is C19H34ClN3O3. The Bertz CT molecular complexity index is 443. The zero-order valence-corrected chi connectivity index (χ0v) is 16.6. The maximum absolute atomic E-state index is 12.4. The summed E-state index contributed by atoms with van der Waals surface area (Å²) in [5, 5.41) is 3.33. The van der Waals surface area contributed by atoms with Gasteiger partial charge in [-0.05, 0) is 12.3 Å². The van der Waals surface area contributed by atoms with Gasteiger partial charge in [0.25, 0.3) is 0 Å². The highest BCUT2D eigenvalue weighted by molar-refractivity contribution is 5.85. The molecule has 1 aliphatic carbocycles. The van der Waals surface area contributed by atoms with Crippen molar-refractivity contribution in [3.8, 4) is 0 Å². The van der Waals surface area contributed by atoms with Crippen LogP contribution in [0, 0.1) is 5.92 Å². The Kier molecular flexibility index (Phi) is 9.16. The van der Waals surface area contributed by atoms with Gasteiger partial charge in [-0.1, -0.05) is 32.1 Å². The predicted molar refractivity (Wildman–Crippen MR) is 103 cm³/mol. The summed E-state index contributed by atoms with van der Waals surface area (Å²) in [7, 11) is 0. The van der Waals surface area contributed by atoms with E-state index in [9.17, 15) is 9.59 Å². The van der Waals surface area contributed by atoms with E-state index in [-0.39, 0.29) is 30.3 Å². The molecule has 2 aliphatic heterocycles. The second kappa shape index (κ2) is 11.1. The van der Waals surface area contributed by atoms with Gasteiger partial charge in [0, 0.05) is 51.6 Å². The highest BCUT2D eigenvalue weighted by atomic mass is 35.5. The van der Waals surface area contributed by atoms with E-state index in [1.165, 1.54) is 32.1 Å². The first-order valence-corrected chi connectivity index (χ1v) is 10.1. The average Bonchev–Trinajstić information content (AvgIpc) is 2.68. The fourth-order valence-corrected chi connectivity index (χ4v) is 4.26. The molecule has 0 bridgehead atoms. The molecule has 1 saturated carbocycles. The zero-order valence-electron chi connectivity index (χ0n) is 15.8. The van der Waals surface area contributed by atoms with Gasteiger partial charge in [0.2, 0.25) is 11.8 Å². The van der Waals surface area contributed by atoms with Crippen LogP contribution in [0.5, 0.6) is 0 Å². The lowest BCUT2D eigenvalue weighted by Crippen LogP contribution is -2.52. The third-order valence-corrected chi connectivity index (χ3v) is 5.90. The second-order valence-electron chi connectivity index (χ2n) is 7.73. The molecule has 0 aromatic carbocycles. The van der Waals surface area contributed by atoms with E-state index < -0.39 is 0 Å². The van der Waals surface area contributed by atoms with Crippen molar-refractivity contribution in [1.29, 1.82) is 0 Å². The molecule has 150 valence electrons. The van der Waals surface area contributed by atoms with E-state index in [1.54, 1.807) is 0 Å². The summed E-state index contributed by atoms with van der Waals surface area (Å²) in [5.74, 6) is 1.21. The van der Waals surface area contributed by atoms with E-state index in [4.69, 9.17) is 4.74 Å². The summed E-state index contributed by atoms with van der Waals surface area (Å²) in [4.78, 5) is 28.7. The highest BCUT2D eigenvalue weighted by Crippen LogP contribution is 2.27. The van der Waals surface area contributed by atoms with Gasteiger partial charge in [0.15, 0.2) is 0 Å². The molecule has 2 heterocycles. The number of nitrogens with zero attached hydrogens (tertiary/aromatic N) is 2. The minimum atomic E-state index is 0. The maximum atomic E-state index is 12.4. The molecule has 3 aliphatic rings. The molecular weight excluding hydrogens is 354 g/mol. The van der Waals surface area contributed by atoms with Crippen molar-refractivity contribution < 1.29 is 14.3 Å². The first-order valence-electron chi connectivity index (χ1n) is 10.1. The lowest BCUT2D eigenvalue weighted by Gasteiger charge is -2.36. The number of hydrogen-bond donors (Lipinski definition) is 1. The van der Waals surface area contributed by atoms with E-state index in [2.05, 4.69) is 5.32 Å². The molecule has 1 atom stereocenters. The third-order valence-electron chi connectivity index (χ3n) is 5.90. The van der Waals surface area contributed by atoms with Crippen LogP contribution in [-0.2, 0) is 14.3 Å². The summed E-state index contributed by atoms with van der Waals surface area (Å²) >= 11 is 0. The zero-order chi connectivity index (χ0) is 17.5. The molecule has 3 rings (SSSR count). The number of ether oxygens (including phenoxy) is 1. The number of halogens is 1. The molecule has 0 spiro atoms. The van der Waals surface area contributed by atoms with Crippen molar-refractivity contribution in [1.82, 2.24) is 15.1 Å². The molecule has 0 radical (unpaired) electrons. The van der Waals surface area contributed by atoms with Crippen molar-refractivity contribution in [2.24, 2.45) is 5.92 Å². The largest absolute Gasteiger partial charge is 0.378 e. The Labute approximate surface area is 163 Å². The molecule has 6 nitrogen and oxygen atoms in total. The second-order valence-corrected chi connectivity index (χ2v) is 7.73. The van der Waals surface area contributed by atoms with Crippen molar-refractivity contribution in [3.05, 3.63) is 0 Å². The predicted octanol–water partition coefficient (Wildman–Crippen LogP) is 1.82. The first-order chi connectivity index (χ1) is 12.2. The molecule has 2 saturated heterocycles. The fourth-order valence-electron chi connectivity index (χ4n) is 4.26. The molecule has 2 amide bonds. The van der Waals surface area contributed by atoms with E-state index in [0.29, 0.717) is 45.6 Å². The van der Waals surface area contributed by atoms with Gasteiger partial charge < -0.3 is 19.9 Å². The van der Waals surface area contributed by atoms with E-state index in [1.807, 2.05) is 9.80 Å². The van der Waals surface area contributed by atoms with Crippen LogP contribution in [0.1, 0.15) is 51.4 Å². The van der Waals surface area contributed by atoms with Crippen LogP contribution in [0.25, 0.3) is 0 Å². The van der Waals surface area contributed by atoms with Gasteiger partial charge in [0.1, 0.15) is 0 Å². The van der Waals surface area contributed by atoms with Crippen LogP contribution in [0.4, 0.5) is 0 Å². The number of nitrogens with one attached hydrogen (secondary N) is 1. The standard InChI is InChI=1S/C19H33N3O3.ClH/c23-18(7-6-16-4-2-1-3-5-16)21-9-11-22(12-10-21)19(24)14-17-15-25-13-8-20-17;/h16-17,20H,1-15H2;1H. The fraction of sp³-hybridized carbons (Fsp3) is 0.895. The average molecular weight is 388 g/mol. The van der Waals surface area contributed by atoms with Gasteiger partial charge >= 0.3 is 0 Å². The number of morpholine rings is 1. The first kappa shape index (κ1) is 21.5. The lowest BCUT2D eigenvalue weighted by molar-refractivity contribution is -0.140. The molecule has 3 fully saturated rings. The number of piperazine rings is 1. The van der Waals surface area contributed by atoms with Crippen LogP contribution in [0.3, 0.4) is 0 Å². The summed E-state index contributed by atoms with van der Waals surface area (Å²) < 4.78 is 5.41. The molecule has 1 N–H and O–H groups in total. The van der Waals surface area contributed by atoms with Crippen LogP contribution in [0.15, 0.2) is 0 Å². The van der Waals surface area contributed by atoms with Gasteiger partial charge in [-0.3, -0.25) is 9.59 Å². The number of rotatable bonds is 5. The van der Waals surface area contributed by atoms with E-state index >= 15 is 0 Å². The van der Waals surface area contributed by atoms with Gasteiger partial charge in [-0.2, -0.15) is 0 Å². The number of carbonyl (C=O) groups excluding carboxylic acids is 2. The Morgan fingerprint density at radius 2 is 1.62 bits per heavy atom. The SMILES string of the molecule is Cl.O=C(CCC1CCCCC1)N1CCN(C(=O)CC2COCCN2)CC1. The van der Waals surface area contributed by atoms with Crippen LogP contribution >= 0.6 is 12.4 Å². The van der Waals surface area contributed by atoms with Gasteiger partial charge in [-0.15, -0.1) is 12.4 Å². The lowest BCUT2D eigenvalue weighted by atomic mass is 9.86. The summed E-state index contributed by atoms with van der Waals surface area (Å²) in [6.07, 6.45) is 8.86. The third kappa shape index (κ3) is 6.39. The monoisotopic (exact) mass is 387 g/mol. The minimum absolute atomic E-state index is 0. The molecule has 0 aromatic heterocycles. The van der Waals surface area contributed by atoms with Crippen molar-refractivity contribution in [2.75, 3.05) is 45.9 Å². The maximum Gasteiger partial charge on any atom is 0.224 e. The summed E-state index contributed by atoms with van der Waals surface area (Å²) in [5.41, 5.74) is 0. The molecule has 26 heavy (non-hydrogen) atoms. The smallest absolute Gasteiger partial charge is 0.224 e. The van der Waals surface area contributed by atoms with E-state index in [0.717, 1.165) is 25.5 Å².